The summed E-state index contributed by atoms with van der Waals surface area (Å²) in [6.45, 7) is 2.41. The monoisotopic (exact) mass is 267 g/mol. The zero-order valence-electron chi connectivity index (χ0n) is 11.1. The molecular formula is C17H14FNO. The van der Waals surface area contributed by atoms with Gasteiger partial charge in [0.25, 0.3) is 0 Å². The number of para-hydroxylation sites is 1. The van der Waals surface area contributed by atoms with Crippen LogP contribution in [0.15, 0.2) is 54.6 Å². The molecule has 0 radical (unpaired) electrons. The summed E-state index contributed by atoms with van der Waals surface area (Å²) in [4.78, 5) is 4.50. The van der Waals surface area contributed by atoms with Crippen molar-refractivity contribution in [3.05, 3.63) is 71.7 Å². The fourth-order valence-electron chi connectivity index (χ4n) is 2.21. The van der Waals surface area contributed by atoms with Crippen LogP contribution in [0.4, 0.5) is 4.39 Å². The summed E-state index contributed by atoms with van der Waals surface area (Å²) in [5, 5.41) is 1.08. The van der Waals surface area contributed by atoms with Crippen LogP contribution in [-0.4, -0.2) is 4.98 Å². The molecule has 0 atom stereocenters. The van der Waals surface area contributed by atoms with Crippen LogP contribution in [0.1, 0.15) is 11.3 Å². The highest BCUT2D eigenvalue weighted by molar-refractivity contribution is 5.82. The topological polar surface area (TPSA) is 22.1 Å². The highest BCUT2D eigenvalue weighted by Crippen LogP contribution is 2.20. The van der Waals surface area contributed by atoms with Gasteiger partial charge in [-0.05, 0) is 43.3 Å². The summed E-state index contributed by atoms with van der Waals surface area (Å²) in [6, 6.07) is 16.1. The van der Waals surface area contributed by atoms with Gasteiger partial charge in [-0.1, -0.05) is 18.2 Å². The third-order valence-corrected chi connectivity index (χ3v) is 3.14. The molecule has 1 heterocycles. The van der Waals surface area contributed by atoms with Crippen LogP contribution in [0, 0.1) is 12.7 Å². The number of benzene rings is 2. The third kappa shape index (κ3) is 2.62. The largest absolute Gasteiger partial charge is 0.489 e. The number of rotatable bonds is 3. The standard InChI is InChI=1S/C17H14FNO/c1-12-10-13(16-4-2-3-5-17(16)19-12)11-20-15-8-6-14(18)7-9-15/h2-10H,11H2,1H3. The van der Waals surface area contributed by atoms with E-state index >= 15 is 0 Å². The van der Waals surface area contributed by atoms with Crippen LogP contribution in [-0.2, 0) is 6.61 Å². The number of aryl methyl sites for hydroxylation is 1. The Morgan fingerprint density at radius 3 is 2.60 bits per heavy atom. The van der Waals surface area contributed by atoms with Crippen molar-refractivity contribution < 1.29 is 9.13 Å². The molecule has 0 aliphatic carbocycles. The molecule has 0 amide bonds. The number of ether oxygens (including phenoxy) is 1. The summed E-state index contributed by atoms with van der Waals surface area (Å²) < 4.78 is 18.6. The Labute approximate surface area is 116 Å². The maximum Gasteiger partial charge on any atom is 0.123 e. The molecule has 1 aromatic heterocycles. The molecule has 0 fully saturated rings. The van der Waals surface area contributed by atoms with Crippen molar-refractivity contribution in [3.8, 4) is 5.75 Å². The lowest BCUT2D eigenvalue weighted by atomic mass is 10.1. The van der Waals surface area contributed by atoms with E-state index in [-0.39, 0.29) is 5.82 Å². The van der Waals surface area contributed by atoms with Crippen molar-refractivity contribution in [2.75, 3.05) is 0 Å². The Balaban J connectivity index is 1.88. The van der Waals surface area contributed by atoms with Crippen molar-refractivity contribution in [2.45, 2.75) is 13.5 Å². The Kier molecular flexibility index (Phi) is 3.33. The van der Waals surface area contributed by atoms with Crippen molar-refractivity contribution in [3.63, 3.8) is 0 Å². The molecule has 0 saturated heterocycles. The van der Waals surface area contributed by atoms with Gasteiger partial charge in [0, 0.05) is 16.6 Å². The molecule has 100 valence electrons. The highest BCUT2D eigenvalue weighted by Gasteiger charge is 2.04. The maximum atomic E-state index is 12.8. The first kappa shape index (κ1) is 12.6. The van der Waals surface area contributed by atoms with Gasteiger partial charge in [0.05, 0.1) is 5.52 Å². The predicted octanol–water partition coefficient (Wildman–Crippen LogP) is 4.26. The van der Waals surface area contributed by atoms with Crippen molar-refractivity contribution in [1.82, 2.24) is 4.98 Å². The number of pyridine rings is 1. The SMILES string of the molecule is Cc1cc(COc2ccc(F)cc2)c2ccccc2n1. The zero-order valence-corrected chi connectivity index (χ0v) is 11.1. The molecule has 2 aromatic carbocycles. The van der Waals surface area contributed by atoms with Crippen LogP contribution in [0.5, 0.6) is 5.75 Å². The Bertz CT molecular complexity index is 738. The quantitative estimate of drug-likeness (QED) is 0.707. The van der Waals surface area contributed by atoms with Gasteiger partial charge in [0.2, 0.25) is 0 Å². The number of hydrogen-bond acceptors (Lipinski definition) is 2. The van der Waals surface area contributed by atoms with E-state index in [0.29, 0.717) is 12.4 Å². The molecule has 0 bridgehead atoms. The van der Waals surface area contributed by atoms with E-state index in [2.05, 4.69) is 4.98 Å². The minimum Gasteiger partial charge on any atom is -0.489 e. The lowest BCUT2D eigenvalue weighted by Crippen LogP contribution is -1.98. The Hall–Kier alpha value is -2.42. The number of hydrogen-bond donors (Lipinski definition) is 0. The maximum absolute atomic E-state index is 12.8. The van der Waals surface area contributed by atoms with E-state index in [4.69, 9.17) is 4.74 Å². The second kappa shape index (κ2) is 5.29. The predicted molar refractivity (Wildman–Crippen MR) is 77.2 cm³/mol. The van der Waals surface area contributed by atoms with E-state index in [0.717, 1.165) is 22.2 Å². The molecule has 3 heteroatoms. The minimum absolute atomic E-state index is 0.262. The normalized spacial score (nSPS) is 10.7. The lowest BCUT2D eigenvalue weighted by Gasteiger charge is -2.10. The lowest BCUT2D eigenvalue weighted by molar-refractivity contribution is 0.307. The molecule has 0 N–H and O–H groups in total. The molecule has 0 aliphatic rings. The van der Waals surface area contributed by atoms with E-state index in [1.807, 2.05) is 37.3 Å². The van der Waals surface area contributed by atoms with Gasteiger partial charge in [0.15, 0.2) is 0 Å². The first-order valence-electron chi connectivity index (χ1n) is 6.46. The number of nitrogens with zero attached hydrogens (tertiary/aromatic N) is 1. The van der Waals surface area contributed by atoms with Crippen LogP contribution < -0.4 is 4.74 Å². The summed E-state index contributed by atoms with van der Waals surface area (Å²) in [6.07, 6.45) is 0. The van der Waals surface area contributed by atoms with Gasteiger partial charge in [-0.15, -0.1) is 0 Å². The van der Waals surface area contributed by atoms with Gasteiger partial charge < -0.3 is 4.74 Å². The zero-order chi connectivity index (χ0) is 13.9. The van der Waals surface area contributed by atoms with Crippen molar-refractivity contribution in [1.29, 1.82) is 0 Å². The molecule has 3 aromatic rings. The molecule has 0 saturated carbocycles. The average molecular weight is 267 g/mol. The third-order valence-electron chi connectivity index (χ3n) is 3.14. The van der Waals surface area contributed by atoms with Gasteiger partial charge in [-0.2, -0.15) is 0 Å². The minimum atomic E-state index is -0.262. The average Bonchev–Trinajstić information content (AvgIpc) is 2.46. The Morgan fingerprint density at radius 2 is 1.80 bits per heavy atom. The van der Waals surface area contributed by atoms with Crippen molar-refractivity contribution in [2.24, 2.45) is 0 Å². The molecule has 0 unspecified atom stereocenters. The summed E-state index contributed by atoms with van der Waals surface area (Å²) >= 11 is 0. The van der Waals surface area contributed by atoms with Crippen LogP contribution in [0.2, 0.25) is 0 Å². The summed E-state index contributed by atoms with van der Waals surface area (Å²) in [5.74, 6) is 0.396. The van der Waals surface area contributed by atoms with Crippen LogP contribution >= 0.6 is 0 Å². The van der Waals surface area contributed by atoms with Crippen LogP contribution in [0.25, 0.3) is 10.9 Å². The summed E-state index contributed by atoms with van der Waals surface area (Å²) in [5.41, 5.74) is 3.00. The van der Waals surface area contributed by atoms with Gasteiger partial charge >= 0.3 is 0 Å². The highest BCUT2D eigenvalue weighted by atomic mass is 19.1. The van der Waals surface area contributed by atoms with E-state index in [9.17, 15) is 4.39 Å². The first-order chi connectivity index (χ1) is 9.72. The second-order valence-electron chi connectivity index (χ2n) is 4.68. The van der Waals surface area contributed by atoms with E-state index in [1.54, 1.807) is 12.1 Å². The molecule has 0 spiro atoms. The van der Waals surface area contributed by atoms with Gasteiger partial charge in [-0.3, -0.25) is 4.98 Å². The first-order valence-corrected chi connectivity index (χ1v) is 6.46. The second-order valence-corrected chi connectivity index (χ2v) is 4.68. The molecule has 2 nitrogen and oxygen atoms in total. The summed E-state index contributed by atoms with van der Waals surface area (Å²) in [7, 11) is 0. The molecule has 20 heavy (non-hydrogen) atoms. The number of fused-ring (bicyclic) bond motifs is 1. The molecule has 0 aliphatic heterocycles. The van der Waals surface area contributed by atoms with Crippen LogP contribution in [0.3, 0.4) is 0 Å². The fourth-order valence-corrected chi connectivity index (χ4v) is 2.21. The number of halogens is 1. The smallest absolute Gasteiger partial charge is 0.123 e. The van der Waals surface area contributed by atoms with E-state index in [1.165, 1.54) is 12.1 Å². The molecular weight excluding hydrogens is 253 g/mol. The fraction of sp³-hybridized carbons (Fsp3) is 0.118. The Morgan fingerprint density at radius 1 is 1.05 bits per heavy atom. The van der Waals surface area contributed by atoms with Gasteiger partial charge in [-0.25, -0.2) is 4.39 Å². The van der Waals surface area contributed by atoms with E-state index < -0.39 is 0 Å². The molecule has 3 rings (SSSR count). The van der Waals surface area contributed by atoms with Crippen molar-refractivity contribution >= 4 is 10.9 Å². The van der Waals surface area contributed by atoms with Gasteiger partial charge in [0.1, 0.15) is 18.2 Å². The number of aromatic nitrogens is 1.